The molecule has 0 aromatic carbocycles. The van der Waals surface area contributed by atoms with Crippen LogP contribution in [-0.4, -0.2) is 67.3 Å². The zero-order chi connectivity index (χ0) is 18.5. The Bertz CT molecular complexity index is 447. The number of nitrogens with zero attached hydrogens (tertiary/aromatic N) is 1. The quantitative estimate of drug-likeness (QED) is 0.740. The predicted molar refractivity (Wildman–Crippen MR) is 89.8 cm³/mol. The van der Waals surface area contributed by atoms with Crippen LogP contribution in [0.4, 0.5) is 9.59 Å². The normalized spacial score (nSPS) is 23.0. The number of amides is 3. The highest BCUT2D eigenvalue weighted by atomic mass is 16.6. The molecule has 0 aromatic rings. The minimum atomic E-state index is -0.805. The summed E-state index contributed by atoms with van der Waals surface area (Å²) in [6, 6.07) is -0.629. The van der Waals surface area contributed by atoms with Gasteiger partial charge < -0.3 is 24.8 Å². The summed E-state index contributed by atoms with van der Waals surface area (Å²) in [6.07, 6.45) is -0.685. The maximum Gasteiger partial charge on any atom is 0.412 e. The first-order valence-electron chi connectivity index (χ1n) is 8.18. The molecule has 3 amide bonds. The molecule has 1 fully saturated rings. The fraction of sp³-hybridized carbons (Fsp3) is 0.875. The van der Waals surface area contributed by atoms with Crippen molar-refractivity contribution in [2.24, 2.45) is 0 Å². The summed E-state index contributed by atoms with van der Waals surface area (Å²) < 4.78 is 16.2. The van der Waals surface area contributed by atoms with E-state index in [-0.39, 0.29) is 24.7 Å². The maximum absolute atomic E-state index is 12.6. The highest BCUT2D eigenvalue weighted by Gasteiger charge is 2.49. The van der Waals surface area contributed by atoms with Gasteiger partial charge in [0.15, 0.2) is 0 Å². The van der Waals surface area contributed by atoms with Gasteiger partial charge in [0.25, 0.3) is 0 Å². The number of ether oxygens (including phenoxy) is 3. The lowest BCUT2D eigenvalue weighted by Gasteiger charge is -2.35. The minimum absolute atomic E-state index is 0.230. The van der Waals surface area contributed by atoms with Crippen molar-refractivity contribution in [3.63, 3.8) is 0 Å². The van der Waals surface area contributed by atoms with Crippen LogP contribution < -0.4 is 10.6 Å². The molecule has 140 valence electrons. The van der Waals surface area contributed by atoms with Crippen LogP contribution >= 0.6 is 0 Å². The second-order valence-electron chi connectivity index (χ2n) is 7.32. The van der Waals surface area contributed by atoms with Crippen molar-refractivity contribution >= 4 is 12.1 Å². The third-order valence-corrected chi connectivity index (χ3v) is 3.58. The molecule has 0 aliphatic carbocycles. The van der Waals surface area contributed by atoms with E-state index in [0.29, 0.717) is 13.2 Å². The zero-order valence-corrected chi connectivity index (χ0v) is 15.8. The summed E-state index contributed by atoms with van der Waals surface area (Å²) in [5.41, 5.74) is -1.41. The molecule has 0 radical (unpaired) electrons. The number of nitrogens with one attached hydrogen (secondary N) is 2. The van der Waals surface area contributed by atoms with Crippen molar-refractivity contribution in [1.82, 2.24) is 15.5 Å². The summed E-state index contributed by atoms with van der Waals surface area (Å²) in [4.78, 5) is 25.9. The Morgan fingerprint density at radius 1 is 1.25 bits per heavy atom. The van der Waals surface area contributed by atoms with Crippen molar-refractivity contribution < 1.29 is 23.8 Å². The molecule has 0 spiro atoms. The Hall–Kier alpha value is -1.54. The van der Waals surface area contributed by atoms with Gasteiger partial charge in [-0.25, -0.2) is 9.59 Å². The van der Waals surface area contributed by atoms with Crippen molar-refractivity contribution in [1.29, 1.82) is 0 Å². The molecule has 2 N–H and O–H groups in total. The maximum atomic E-state index is 12.6. The van der Waals surface area contributed by atoms with Crippen LogP contribution in [0.3, 0.4) is 0 Å². The number of urea groups is 1. The molecule has 0 aromatic heterocycles. The van der Waals surface area contributed by atoms with Gasteiger partial charge >= 0.3 is 12.1 Å². The number of hydrogen-bond acceptors (Lipinski definition) is 5. The van der Waals surface area contributed by atoms with Crippen LogP contribution in [-0.2, 0) is 14.2 Å². The zero-order valence-electron chi connectivity index (χ0n) is 15.8. The Balaban J connectivity index is 2.71. The largest absolute Gasteiger partial charge is 0.444 e. The molecule has 1 aliphatic rings. The molecule has 1 heterocycles. The summed E-state index contributed by atoms with van der Waals surface area (Å²) in [5, 5.41) is 5.44. The van der Waals surface area contributed by atoms with Gasteiger partial charge in [0, 0.05) is 20.2 Å². The first kappa shape index (κ1) is 20.5. The molecule has 8 heteroatoms. The van der Waals surface area contributed by atoms with E-state index in [2.05, 4.69) is 10.6 Å². The van der Waals surface area contributed by atoms with Crippen LogP contribution in [0.15, 0.2) is 0 Å². The van der Waals surface area contributed by atoms with E-state index in [0.717, 1.165) is 0 Å². The second kappa shape index (κ2) is 8.02. The average Bonchev–Trinajstić information content (AvgIpc) is 2.63. The SMILES string of the molecule is COCCNC(=O)NC[C@@H]1[C@H](C)OC(C)(C)N1C(=O)OC(C)(C)C. The van der Waals surface area contributed by atoms with Crippen LogP contribution in [0, 0.1) is 0 Å². The summed E-state index contributed by atoms with van der Waals surface area (Å²) in [6.45, 7) is 12.1. The lowest BCUT2D eigenvalue weighted by molar-refractivity contribution is -0.0756. The van der Waals surface area contributed by atoms with E-state index in [1.165, 1.54) is 0 Å². The third kappa shape index (κ3) is 5.83. The molecular weight excluding hydrogens is 314 g/mol. The summed E-state index contributed by atoms with van der Waals surface area (Å²) in [5.74, 6) is 0. The van der Waals surface area contributed by atoms with E-state index in [1.807, 2.05) is 41.5 Å². The highest BCUT2D eigenvalue weighted by molar-refractivity contribution is 5.74. The standard InChI is InChI=1S/C16H31N3O5/c1-11-12(10-18-13(20)17-8-9-22-7)19(16(5,6)23-11)14(21)24-15(2,3)4/h11-12H,8-10H2,1-7H3,(H2,17,18,20)/t11-,12+/m0/s1. The van der Waals surface area contributed by atoms with E-state index >= 15 is 0 Å². The molecule has 1 rings (SSSR count). The smallest absolute Gasteiger partial charge is 0.412 e. The van der Waals surface area contributed by atoms with Crippen molar-refractivity contribution in [3.05, 3.63) is 0 Å². The van der Waals surface area contributed by atoms with Gasteiger partial charge in [-0.3, -0.25) is 4.90 Å². The van der Waals surface area contributed by atoms with E-state index in [9.17, 15) is 9.59 Å². The molecule has 8 nitrogen and oxygen atoms in total. The summed E-state index contributed by atoms with van der Waals surface area (Å²) >= 11 is 0. The van der Waals surface area contributed by atoms with E-state index in [4.69, 9.17) is 14.2 Å². The average molecular weight is 345 g/mol. The van der Waals surface area contributed by atoms with Crippen molar-refractivity contribution in [2.45, 2.75) is 65.0 Å². The molecule has 1 saturated heterocycles. The molecule has 0 saturated carbocycles. The van der Waals surface area contributed by atoms with Gasteiger partial charge in [0.2, 0.25) is 0 Å². The highest BCUT2D eigenvalue weighted by Crippen LogP contribution is 2.33. The third-order valence-electron chi connectivity index (χ3n) is 3.58. The minimum Gasteiger partial charge on any atom is -0.444 e. The number of carbonyl (C=O) groups excluding carboxylic acids is 2. The molecular formula is C16H31N3O5. The fourth-order valence-corrected chi connectivity index (χ4v) is 2.65. The van der Waals surface area contributed by atoms with Crippen molar-refractivity contribution in [2.75, 3.05) is 26.8 Å². The number of methoxy groups -OCH3 is 1. The lowest BCUT2D eigenvalue weighted by Crippen LogP contribution is -2.54. The van der Waals surface area contributed by atoms with E-state index < -0.39 is 17.4 Å². The Kier molecular flexibility index (Phi) is 6.86. The fourth-order valence-electron chi connectivity index (χ4n) is 2.65. The molecule has 24 heavy (non-hydrogen) atoms. The first-order chi connectivity index (χ1) is 11.0. The van der Waals surface area contributed by atoms with Gasteiger partial charge in [-0.1, -0.05) is 0 Å². The van der Waals surface area contributed by atoms with Crippen molar-refractivity contribution in [3.8, 4) is 0 Å². The number of carbonyl (C=O) groups is 2. The molecule has 1 aliphatic heterocycles. The molecule has 2 atom stereocenters. The van der Waals surface area contributed by atoms with Gasteiger partial charge in [-0.15, -0.1) is 0 Å². The van der Waals surface area contributed by atoms with E-state index in [1.54, 1.807) is 12.0 Å². The first-order valence-corrected chi connectivity index (χ1v) is 8.18. The Morgan fingerprint density at radius 3 is 2.42 bits per heavy atom. The van der Waals surface area contributed by atoms with Gasteiger partial charge in [0.05, 0.1) is 18.8 Å². The Morgan fingerprint density at radius 2 is 1.88 bits per heavy atom. The topological polar surface area (TPSA) is 89.1 Å². The molecule has 0 unspecified atom stereocenters. The monoisotopic (exact) mass is 345 g/mol. The number of hydrogen-bond donors (Lipinski definition) is 2. The van der Waals surface area contributed by atoms with Crippen LogP contribution in [0.2, 0.25) is 0 Å². The van der Waals surface area contributed by atoms with Crippen LogP contribution in [0.25, 0.3) is 0 Å². The molecule has 0 bridgehead atoms. The van der Waals surface area contributed by atoms with Crippen LogP contribution in [0.1, 0.15) is 41.5 Å². The van der Waals surface area contributed by atoms with Gasteiger partial charge in [-0.05, 0) is 41.5 Å². The second-order valence-corrected chi connectivity index (χ2v) is 7.32. The predicted octanol–water partition coefficient (Wildman–Crippen LogP) is 1.69. The Labute approximate surface area is 144 Å². The summed E-state index contributed by atoms with van der Waals surface area (Å²) in [7, 11) is 1.57. The van der Waals surface area contributed by atoms with Gasteiger partial charge in [-0.2, -0.15) is 0 Å². The lowest BCUT2D eigenvalue weighted by atomic mass is 10.1. The van der Waals surface area contributed by atoms with Crippen LogP contribution in [0.5, 0.6) is 0 Å². The van der Waals surface area contributed by atoms with Gasteiger partial charge in [0.1, 0.15) is 11.3 Å². The number of rotatable bonds is 5.